The summed E-state index contributed by atoms with van der Waals surface area (Å²) in [4.78, 5) is 33.1. The van der Waals surface area contributed by atoms with Crippen LogP contribution in [0.15, 0.2) is 27.8 Å². The molecule has 2 aliphatic heterocycles. The lowest BCUT2D eigenvalue weighted by atomic mass is 10.0. The molecule has 0 amide bonds. The van der Waals surface area contributed by atoms with Crippen molar-refractivity contribution in [2.45, 2.75) is 25.2 Å². The molecule has 2 atom stereocenters. The Hall–Kier alpha value is -2.51. The molecule has 164 valence electrons. The summed E-state index contributed by atoms with van der Waals surface area (Å²) in [5.41, 5.74) is -0.815. The van der Waals surface area contributed by atoms with Crippen LogP contribution < -0.4 is 5.32 Å². The van der Waals surface area contributed by atoms with Crippen molar-refractivity contribution in [3.8, 4) is 0 Å². The Kier molecular flexibility index (Phi) is 6.73. The van der Waals surface area contributed by atoms with Gasteiger partial charge in [-0.15, -0.1) is 11.3 Å². The van der Waals surface area contributed by atoms with Crippen molar-refractivity contribution in [2.24, 2.45) is 4.99 Å². The molecule has 2 N–H and O–H groups in total. The van der Waals surface area contributed by atoms with Crippen molar-refractivity contribution >= 4 is 29.1 Å². The standard InChI is InChI=1S/C17H19F3N4O5S/c1-2-29-16(27)11-9(7-24-4-5-28-8-10(24)15(25)26)22-13(14-21-3-6-30-14)23-12(11)17(18,19)20/h3,6,10,12H,2,4-5,7-8H2,1H3,(H,22,23)(H,25,26). The van der Waals surface area contributed by atoms with Gasteiger partial charge in [0.15, 0.2) is 16.9 Å². The first-order valence-corrected chi connectivity index (χ1v) is 9.86. The van der Waals surface area contributed by atoms with Gasteiger partial charge < -0.3 is 19.9 Å². The molecule has 0 aromatic carbocycles. The van der Waals surface area contributed by atoms with Gasteiger partial charge in [0, 0.05) is 30.4 Å². The average Bonchev–Trinajstić information content (AvgIpc) is 3.22. The Balaban J connectivity index is 2.04. The van der Waals surface area contributed by atoms with Crippen molar-refractivity contribution in [1.82, 2.24) is 15.2 Å². The smallest absolute Gasteiger partial charge is 0.415 e. The van der Waals surface area contributed by atoms with E-state index in [-0.39, 0.29) is 49.5 Å². The number of aliphatic imine (C=N–C) groups is 1. The lowest BCUT2D eigenvalue weighted by molar-refractivity contribution is -0.153. The fourth-order valence-electron chi connectivity index (χ4n) is 3.11. The Morgan fingerprint density at radius 1 is 1.47 bits per heavy atom. The normalized spacial score (nSPS) is 23.0. The predicted molar refractivity (Wildman–Crippen MR) is 99.1 cm³/mol. The summed E-state index contributed by atoms with van der Waals surface area (Å²) in [6.45, 7) is 1.35. The summed E-state index contributed by atoms with van der Waals surface area (Å²) < 4.78 is 51.5. The fraction of sp³-hybridized carbons (Fsp3) is 0.529. The number of morpholine rings is 1. The number of hydrogen-bond acceptors (Lipinski definition) is 9. The molecule has 1 aromatic heterocycles. The molecule has 0 radical (unpaired) electrons. The molecular formula is C17H19F3N4O5S. The number of aliphatic carboxylic acids is 1. The second kappa shape index (κ2) is 9.10. The van der Waals surface area contributed by atoms with Crippen LogP contribution in [0.1, 0.15) is 11.9 Å². The maximum absolute atomic E-state index is 13.8. The highest BCUT2D eigenvalue weighted by molar-refractivity contribution is 7.11. The van der Waals surface area contributed by atoms with Crippen LogP contribution in [0.4, 0.5) is 13.2 Å². The van der Waals surface area contributed by atoms with Crippen LogP contribution in [0.5, 0.6) is 0 Å². The average molecular weight is 448 g/mol. The Bertz CT molecular complexity index is 856. The number of carboxylic acid groups (broad SMARTS) is 1. The second-order valence-electron chi connectivity index (χ2n) is 6.40. The van der Waals surface area contributed by atoms with E-state index in [1.54, 1.807) is 5.38 Å². The van der Waals surface area contributed by atoms with Gasteiger partial charge in [0.05, 0.1) is 25.4 Å². The van der Waals surface area contributed by atoms with E-state index in [2.05, 4.69) is 15.3 Å². The number of carbonyl (C=O) groups is 2. The molecule has 3 rings (SSSR count). The van der Waals surface area contributed by atoms with E-state index in [1.807, 2.05) is 0 Å². The third-order valence-corrected chi connectivity index (χ3v) is 5.23. The number of esters is 1. The summed E-state index contributed by atoms with van der Waals surface area (Å²) in [5, 5.41) is 14.0. The van der Waals surface area contributed by atoms with Crippen LogP contribution in [-0.2, 0) is 19.1 Å². The number of nitrogens with one attached hydrogen (secondary N) is 1. The van der Waals surface area contributed by atoms with Crippen molar-refractivity contribution in [2.75, 3.05) is 32.9 Å². The topological polar surface area (TPSA) is 113 Å². The van der Waals surface area contributed by atoms with Crippen LogP contribution in [0.3, 0.4) is 0 Å². The summed E-state index contributed by atoms with van der Waals surface area (Å²) >= 11 is 1.08. The number of hydrogen-bond donors (Lipinski definition) is 2. The van der Waals surface area contributed by atoms with Crippen molar-refractivity contribution in [3.63, 3.8) is 0 Å². The number of ether oxygens (including phenoxy) is 2. The van der Waals surface area contributed by atoms with Crippen molar-refractivity contribution in [1.29, 1.82) is 0 Å². The summed E-state index contributed by atoms with van der Waals surface area (Å²) in [6.07, 6.45) is -3.45. The molecular weight excluding hydrogens is 429 g/mol. The first-order valence-electron chi connectivity index (χ1n) is 8.98. The largest absolute Gasteiger partial charge is 0.480 e. The van der Waals surface area contributed by atoms with Crippen LogP contribution in [0, 0.1) is 0 Å². The summed E-state index contributed by atoms with van der Waals surface area (Å²) in [6, 6.07) is -3.53. The highest BCUT2D eigenvalue weighted by atomic mass is 32.1. The van der Waals surface area contributed by atoms with Crippen molar-refractivity contribution < 1.29 is 37.3 Å². The molecule has 13 heteroatoms. The van der Waals surface area contributed by atoms with Crippen LogP contribution >= 0.6 is 11.3 Å². The first-order chi connectivity index (χ1) is 14.2. The monoisotopic (exact) mass is 448 g/mol. The molecule has 3 heterocycles. The molecule has 0 bridgehead atoms. The molecule has 2 aliphatic rings. The van der Waals surface area contributed by atoms with E-state index >= 15 is 0 Å². The lowest BCUT2D eigenvalue weighted by Gasteiger charge is -2.35. The van der Waals surface area contributed by atoms with E-state index in [0.717, 1.165) is 11.3 Å². The number of alkyl halides is 3. The molecule has 0 saturated carbocycles. The molecule has 9 nitrogen and oxygen atoms in total. The summed E-state index contributed by atoms with van der Waals surface area (Å²) in [7, 11) is 0. The lowest BCUT2D eigenvalue weighted by Crippen LogP contribution is -2.53. The second-order valence-corrected chi connectivity index (χ2v) is 7.29. The zero-order valence-corrected chi connectivity index (χ0v) is 16.6. The van der Waals surface area contributed by atoms with E-state index < -0.39 is 35.8 Å². The Morgan fingerprint density at radius 2 is 2.23 bits per heavy atom. The Morgan fingerprint density at radius 3 is 2.83 bits per heavy atom. The van der Waals surface area contributed by atoms with E-state index in [9.17, 15) is 27.9 Å². The molecule has 2 unspecified atom stereocenters. The van der Waals surface area contributed by atoms with Crippen LogP contribution in [0.2, 0.25) is 0 Å². The van der Waals surface area contributed by atoms with Gasteiger partial charge in [-0.25, -0.2) is 14.8 Å². The number of rotatable bonds is 6. The van der Waals surface area contributed by atoms with Gasteiger partial charge >= 0.3 is 18.1 Å². The van der Waals surface area contributed by atoms with Crippen molar-refractivity contribution in [3.05, 3.63) is 27.9 Å². The van der Waals surface area contributed by atoms with Gasteiger partial charge in [-0.1, -0.05) is 0 Å². The van der Waals surface area contributed by atoms with Gasteiger partial charge in [0.25, 0.3) is 0 Å². The molecule has 30 heavy (non-hydrogen) atoms. The minimum absolute atomic E-state index is 0.118. The van der Waals surface area contributed by atoms with Gasteiger partial charge in [0.1, 0.15) is 6.04 Å². The number of carbonyl (C=O) groups excluding carboxylic acids is 1. The number of amidine groups is 1. The highest BCUT2D eigenvalue weighted by Crippen LogP contribution is 2.33. The predicted octanol–water partition coefficient (Wildman–Crippen LogP) is 1.03. The zero-order chi connectivity index (χ0) is 21.9. The quantitative estimate of drug-likeness (QED) is 0.621. The number of nitrogens with zero attached hydrogens (tertiary/aromatic N) is 3. The minimum atomic E-state index is -4.87. The van der Waals surface area contributed by atoms with Crippen LogP contribution in [-0.4, -0.2) is 83.9 Å². The number of aromatic nitrogens is 1. The maximum Gasteiger partial charge on any atom is 0.415 e. The SMILES string of the molecule is CCOC(=O)C1=C(CN2CCOCC2C(=O)O)NC(c2nccs2)=NC1C(F)(F)F. The Labute approximate surface area is 173 Å². The first kappa shape index (κ1) is 22.2. The van der Waals surface area contributed by atoms with Gasteiger partial charge in [-0.3, -0.25) is 9.69 Å². The summed E-state index contributed by atoms with van der Waals surface area (Å²) in [5.74, 6) is -2.48. The molecule has 1 fully saturated rings. The number of thiazole rings is 1. The number of carboxylic acids is 1. The van der Waals surface area contributed by atoms with E-state index in [4.69, 9.17) is 9.47 Å². The maximum atomic E-state index is 13.8. The zero-order valence-electron chi connectivity index (χ0n) is 15.8. The van der Waals surface area contributed by atoms with E-state index in [0.29, 0.717) is 0 Å². The van der Waals surface area contributed by atoms with E-state index in [1.165, 1.54) is 18.0 Å². The molecule has 0 spiro atoms. The third-order valence-electron chi connectivity index (χ3n) is 4.45. The highest BCUT2D eigenvalue weighted by Gasteiger charge is 2.49. The minimum Gasteiger partial charge on any atom is -0.480 e. The van der Waals surface area contributed by atoms with Gasteiger partial charge in [0.2, 0.25) is 0 Å². The fourth-order valence-corrected chi connectivity index (χ4v) is 3.70. The molecule has 0 aliphatic carbocycles. The molecule has 1 saturated heterocycles. The van der Waals surface area contributed by atoms with Gasteiger partial charge in [-0.2, -0.15) is 13.2 Å². The number of halogens is 3. The third kappa shape index (κ3) is 4.79. The van der Waals surface area contributed by atoms with Gasteiger partial charge in [-0.05, 0) is 6.92 Å². The van der Waals surface area contributed by atoms with Crippen LogP contribution in [0.25, 0.3) is 0 Å². The molecule has 1 aromatic rings.